The second-order valence-electron chi connectivity index (χ2n) is 24.3. The zero-order chi connectivity index (χ0) is 56.7. The quantitative estimate of drug-likeness (QED) is 0.0251. The molecule has 0 aliphatic heterocycles. The number of unbranched alkanes of at least 4 members (excludes halogenated alkanes) is 20. The van der Waals surface area contributed by atoms with Gasteiger partial charge in [0.05, 0.1) is 26.2 Å². The Morgan fingerprint density at radius 1 is 0.494 bits per heavy atom. The summed E-state index contributed by atoms with van der Waals surface area (Å²) in [6, 6.07) is 0. The molecule has 0 aromatic heterocycles. The van der Waals surface area contributed by atoms with E-state index >= 15 is 13.2 Å². The molecule has 2 aliphatic carbocycles. The summed E-state index contributed by atoms with van der Waals surface area (Å²) in [5.41, 5.74) is -1.80. The molecule has 2 rings (SSSR count). The predicted octanol–water partition coefficient (Wildman–Crippen LogP) is 16.8. The largest absolute Gasteiger partial charge is 0.465 e. The molecule has 0 saturated heterocycles. The van der Waals surface area contributed by atoms with E-state index in [9.17, 15) is 14.4 Å². The van der Waals surface area contributed by atoms with Crippen molar-refractivity contribution < 1.29 is 60.7 Å². The number of alkyl halides is 3. The molecule has 11 nitrogen and oxygen atoms in total. The highest BCUT2D eigenvalue weighted by molar-refractivity contribution is 5.73. The van der Waals surface area contributed by atoms with Gasteiger partial charge in [0.1, 0.15) is 0 Å². The van der Waals surface area contributed by atoms with Crippen LogP contribution in [0, 0.1) is 28.1 Å². The standard InChI is InChI=1S/C63H116F3NO10/c1-9-15-19-23-27-31-40-71-57(72-41-32-28-24-20-16-10-2)38-37-56(69)76-51-61(8)46-53-45-60(7,50-75-55(68)36-35-39-67(13-5)14-6)48-62(47-53,49-61)52-77-59(70)54(63(64,65)66)44-58(73-42-33-29-25-21-17-11-3)74-43-34-30-26-22-18-12-4/h53-54,57-58H,9-52H2,1-8H3. The van der Waals surface area contributed by atoms with E-state index in [-0.39, 0.29) is 57.3 Å². The maximum Gasteiger partial charge on any atom is 0.402 e. The summed E-state index contributed by atoms with van der Waals surface area (Å²) in [5.74, 6) is -4.33. The first-order valence-corrected chi connectivity index (χ1v) is 31.7. The molecule has 0 aromatic carbocycles. The SMILES string of the molecule is CCCCCCCCOC(CCC(=O)OCC1(C)CC2CC(C)(COC(=O)CCCN(CC)CC)CC(COC(=O)C(CC(OCCCCCCCC)OCCCCCCCC)C(F)(F)F)(C2)C1)OCCCCCCCC. The van der Waals surface area contributed by atoms with E-state index in [1.165, 1.54) is 51.4 Å². The van der Waals surface area contributed by atoms with Crippen LogP contribution in [-0.2, 0) is 47.5 Å². The minimum absolute atomic E-state index is 0.0648. The molecular weight excluding hydrogens is 988 g/mol. The monoisotopic (exact) mass is 1100 g/mol. The van der Waals surface area contributed by atoms with Gasteiger partial charge in [-0.15, -0.1) is 0 Å². The Morgan fingerprint density at radius 3 is 1.29 bits per heavy atom. The summed E-state index contributed by atoms with van der Waals surface area (Å²) in [5, 5.41) is 0. The van der Waals surface area contributed by atoms with Crippen molar-refractivity contribution in [1.29, 1.82) is 0 Å². The van der Waals surface area contributed by atoms with Crippen LogP contribution in [0.25, 0.3) is 0 Å². The number of hydrogen-bond acceptors (Lipinski definition) is 11. The third kappa shape index (κ3) is 32.9. The highest BCUT2D eigenvalue weighted by atomic mass is 19.4. The molecule has 2 aliphatic rings. The van der Waals surface area contributed by atoms with Gasteiger partial charge in [0.2, 0.25) is 0 Å². The number of esters is 3. The summed E-state index contributed by atoms with van der Waals surface area (Å²) in [6.07, 6.45) is 23.0. The second kappa shape index (κ2) is 41.9. The number of halogens is 3. The average molecular weight is 1100 g/mol. The Kier molecular flexibility index (Phi) is 38.7. The van der Waals surface area contributed by atoms with Crippen LogP contribution in [0.4, 0.5) is 13.2 Å². The molecule has 0 amide bonds. The zero-order valence-electron chi connectivity index (χ0n) is 50.6. The van der Waals surface area contributed by atoms with Crippen molar-refractivity contribution in [3.05, 3.63) is 0 Å². The Hall–Kier alpha value is -2.00. The molecule has 0 radical (unpaired) electrons. The van der Waals surface area contributed by atoms with Crippen molar-refractivity contribution in [3.8, 4) is 0 Å². The van der Waals surface area contributed by atoms with Crippen molar-refractivity contribution in [2.75, 3.05) is 65.9 Å². The maximum absolute atomic E-state index is 15.1. The van der Waals surface area contributed by atoms with Crippen LogP contribution in [0.2, 0.25) is 0 Å². The Bertz CT molecular complexity index is 1470. The number of rotatable bonds is 50. The van der Waals surface area contributed by atoms with Crippen LogP contribution in [0.1, 0.15) is 274 Å². The third-order valence-corrected chi connectivity index (χ3v) is 16.2. The van der Waals surface area contributed by atoms with E-state index in [1.54, 1.807) is 0 Å². The van der Waals surface area contributed by atoms with E-state index in [2.05, 4.69) is 60.3 Å². The molecule has 5 atom stereocenters. The minimum Gasteiger partial charge on any atom is -0.465 e. The fraction of sp³-hybridized carbons (Fsp3) is 0.952. The summed E-state index contributed by atoms with van der Waals surface area (Å²) in [7, 11) is 0. The number of fused-ring (bicyclic) bond motifs is 2. The Labute approximate surface area is 468 Å². The number of nitrogens with zero attached hydrogens (tertiary/aromatic N) is 1. The van der Waals surface area contributed by atoms with Crippen LogP contribution in [-0.4, -0.2) is 107 Å². The maximum atomic E-state index is 15.1. The van der Waals surface area contributed by atoms with E-state index in [4.69, 9.17) is 33.2 Å². The first-order valence-electron chi connectivity index (χ1n) is 31.7. The first kappa shape index (κ1) is 71.1. The number of carbonyl (C=O) groups is 3. The van der Waals surface area contributed by atoms with Crippen molar-refractivity contribution in [3.63, 3.8) is 0 Å². The number of carbonyl (C=O) groups excluding carboxylic acids is 3. The molecule has 2 fully saturated rings. The summed E-state index contributed by atoms with van der Waals surface area (Å²) < 4.78 is 87.6. The van der Waals surface area contributed by atoms with Crippen LogP contribution in [0.15, 0.2) is 0 Å². The molecule has 454 valence electrons. The van der Waals surface area contributed by atoms with Crippen LogP contribution < -0.4 is 0 Å². The minimum atomic E-state index is -4.89. The van der Waals surface area contributed by atoms with Gasteiger partial charge in [0, 0.05) is 61.9 Å². The number of ether oxygens (including phenoxy) is 7. The van der Waals surface area contributed by atoms with Gasteiger partial charge in [-0.05, 0) is 89.8 Å². The molecule has 0 heterocycles. The smallest absolute Gasteiger partial charge is 0.402 e. The van der Waals surface area contributed by atoms with Crippen molar-refractivity contribution in [2.45, 2.75) is 292 Å². The third-order valence-electron chi connectivity index (χ3n) is 16.2. The molecule has 0 aromatic rings. The topological polar surface area (TPSA) is 119 Å². The van der Waals surface area contributed by atoms with Gasteiger partial charge in [-0.25, -0.2) is 0 Å². The highest BCUT2D eigenvalue weighted by Crippen LogP contribution is 2.61. The second-order valence-corrected chi connectivity index (χ2v) is 24.3. The van der Waals surface area contributed by atoms with E-state index < -0.39 is 53.3 Å². The Morgan fingerprint density at radius 2 is 0.883 bits per heavy atom. The lowest BCUT2D eigenvalue weighted by Crippen LogP contribution is -2.52. The lowest BCUT2D eigenvalue weighted by molar-refractivity contribution is -0.225. The Balaban J connectivity index is 2.26. The number of hydrogen-bond donors (Lipinski definition) is 0. The molecule has 2 bridgehead atoms. The lowest BCUT2D eigenvalue weighted by atomic mass is 9.49. The average Bonchev–Trinajstić information content (AvgIpc) is 3.40. The van der Waals surface area contributed by atoms with Crippen molar-refractivity contribution in [2.24, 2.45) is 28.1 Å². The van der Waals surface area contributed by atoms with Gasteiger partial charge >= 0.3 is 24.1 Å². The van der Waals surface area contributed by atoms with Crippen LogP contribution in [0.5, 0.6) is 0 Å². The van der Waals surface area contributed by atoms with Crippen molar-refractivity contribution >= 4 is 17.9 Å². The van der Waals surface area contributed by atoms with Gasteiger partial charge in [0.25, 0.3) is 0 Å². The van der Waals surface area contributed by atoms with Crippen LogP contribution >= 0.6 is 0 Å². The van der Waals surface area contributed by atoms with Gasteiger partial charge in [-0.3, -0.25) is 14.4 Å². The molecular formula is C63H116F3NO10. The summed E-state index contributed by atoms with van der Waals surface area (Å²) in [4.78, 5) is 43.0. The molecule has 14 heteroatoms. The van der Waals surface area contributed by atoms with Crippen LogP contribution in [0.3, 0.4) is 0 Å². The normalized spacial score (nSPS) is 21.0. The highest BCUT2D eigenvalue weighted by Gasteiger charge is 2.56. The van der Waals surface area contributed by atoms with Gasteiger partial charge in [-0.1, -0.05) is 184 Å². The van der Waals surface area contributed by atoms with Gasteiger partial charge in [0.15, 0.2) is 18.5 Å². The van der Waals surface area contributed by atoms with Gasteiger partial charge in [-0.2, -0.15) is 13.2 Å². The lowest BCUT2D eigenvalue weighted by Gasteiger charge is -2.57. The van der Waals surface area contributed by atoms with E-state index in [0.29, 0.717) is 77.4 Å². The summed E-state index contributed by atoms with van der Waals surface area (Å²) in [6.45, 7) is 21.4. The molecule has 2 saturated carbocycles. The molecule has 0 N–H and O–H groups in total. The molecule has 5 unspecified atom stereocenters. The fourth-order valence-electron chi connectivity index (χ4n) is 12.3. The summed E-state index contributed by atoms with van der Waals surface area (Å²) >= 11 is 0. The first-order chi connectivity index (χ1) is 37.0. The van der Waals surface area contributed by atoms with Crippen molar-refractivity contribution in [1.82, 2.24) is 4.90 Å². The molecule has 77 heavy (non-hydrogen) atoms. The van der Waals surface area contributed by atoms with E-state index in [1.807, 2.05) is 0 Å². The fourth-order valence-corrected chi connectivity index (χ4v) is 12.3. The zero-order valence-corrected chi connectivity index (χ0v) is 50.6. The van der Waals surface area contributed by atoms with Gasteiger partial charge < -0.3 is 38.1 Å². The molecule has 0 spiro atoms. The predicted molar refractivity (Wildman–Crippen MR) is 303 cm³/mol. The van der Waals surface area contributed by atoms with E-state index in [0.717, 1.165) is 110 Å².